The first-order valence-corrected chi connectivity index (χ1v) is 10.4. The van der Waals surface area contributed by atoms with Crippen LogP contribution < -0.4 is 5.32 Å². The summed E-state index contributed by atoms with van der Waals surface area (Å²) in [5, 5.41) is 4.12. The highest BCUT2D eigenvalue weighted by molar-refractivity contribution is 5.81. The number of aromatic nitrogens is 1. The Hall–Kier alpha value is -2.66. The Morgan fingerprint density at radius 2 is 1.93 bits per heavy atom. The van der Waals surface area contributed by atoms with Crippen molar-refractivity contribution in [2.45, 2.75) is 38.8 Å². The van der Waals surface area contributed by atoms with Crippen LogP contribution in [0.1, 0.15) is 36.9 Å². The van der Waals surface area contributed by atoms with Gasteiger partial charge in [0, 0.05) is 50.9 Å². The lowest BCUT2D eigenvalue weighted by Crippen LogP contribution is -2.35. The van der Waals surface area contributed by atoms with Gasteiger partial charge in [0.2, 0.25) is 5.91 Å². The van der Waals surface area contributed by atoms with Crippen molar-refractivity contribution in [3.63, 3.8) is 0 Å². The smallest absolute Gasteiger partial charge is 0.217 e. The molecule has 0 atom stereocenters. The summed E-state index contributed by atoms with van der Waals surface area (Å²) in [5.74, 6) is -0.162. The van der Waals surface area contributed by atoms with Crippen molar-refractivity contribution in [1.29, 1.82) is 0 Å². The van der Waals surface area contributed by atoms with Crippen LogP contribution in [0.3, 0.4) is 0 Å². The number of fused-ring (bicyclic) bond motifs is 1. The summed E-state index contributed by atoms with van der Waals surface area (Å²) in [5.41, 5.74) is 3.43. The first-order valence-electron chi connectivity index (χ1n) is 10.4. The highest BCUT2D eigenvalue weighted by Crippen LogP contribution is 2.28. The Labute approximate surface area is 171 Å². The van der Waals surface area contributed by atoms with Gasteiger partial charge in [0.05, 0.1) is 0 Å². The summed E-state index contributed by atoms with van der Waals surface area (Å²) in [6.45, 7) is 5.21. The summed E-state index contributed by atoms with van der Waals surface area (Å²) in [6, 6.07) is 16.0. The van der Waals surface area contributed by atoms with Gasteiger partial charge < -0.3 is 14.8 Å². The molecule has 0 unspecified atom stereocenters. The van der Waals surface area contributed by atoms with Crippen LogP contribution in [0.4, 0.5) is 4.39 Å². The summed E-state index contributed by atoms with van der Waals surface area (Å²) in [6.07, 6.45) is 5.31. The van der Waals surface area contributed by atoms with Crippen LogP contribution in [0.5, 0.6) is 0 Å². The highest BCUT2D eigenvalue weighted by Gasteiger charge is 2.21. The molecule has 0 spiro atoms. The average molecular weight is 394 g/mol. The van der Waals surface area contributed by atoms with E-state index in [4.69, 9.17) is 0 Å². The number of benzene rings is 2. The molecule has 1 aliphatic heterocycles. The van der Waals surface area contributed by atoms with Gasteiger partial charge >= 0.3 is 0 Å². The maximum Gasteiger partial charge on any atom is 0.217 e. The van der Waals surface area contributed by atoms with Crippen molar-refractivity contribution in [1.82, 2.24) is 14.8 Å². The maximum absolute atomic E-state index is 13.3. The number of hydrogen-bond acceptors (Lipinski definition) is 2. The van der Waals surface area contributed by atoms with Gasteiger partial charge in [-0.05, 0) is 60.0 Å². The molecule has 1 fully saturated rings. The fourth-order valence-electron chi connectivity index (χ4n) is 4.25. The van der Waals surface area contributed by atoms with E-state index in [1.807, 2.05) is 6.07 Å². The molecule has 1 N–H and O–H groups in total. The summed E-state index contributed by atoms with van der Waals surface area (Å²) in [4.78, 5) is 13.7. The number of hydrogen-bond donors (Lipinski definition) is 1. The normalized spacial score (nSPS) is 15.7. The molecular formula is C24H28FN3O. The van der Waals surface area contributed by atoms with Crippen molar-refractivity contribution in [3.8, 4) is 0 Å². The molecule has 0 radical (unpaired) electrons. The van der Waals surface area contributed by atoms with Gasteiger partial charge in [-0.3, -0.25) is 4.79 Å². The molecule has 29 heavy (non-hydrogen) atoms. The second kappa shape index (κ2) is 8.78. The van der Waals surface area contributed by atoms with E-state index in [1.54, 1.807) is 19.1 Å². The zero-order chi connectivity index (χ0) is 20.2. The molecular weight excluding hydrogens is 365 g/mol. The van der Waals surface area contributed by atoms with Gasteiger partial charge in [-0.25, -0.2) is 4.39 Å². The molecule has 4 nitrogen and oxygen atoms in total. The van der Waals surface area contributed by atoms with E-state index < -0.39 is 0 Å². The molecule has 152 valence electrons. The van der Waals surface area contributed by atoms with E-state index in [0.717, 1.165) is 50.0 Å². The third kappa shape index (κ3) is 4.85. The van der Waals surface area contributed by atoms with Gasteiger partial charge in [0.15, 0.2) is 0 Å². The molecule has 1 aliphatic rings. The zero-order valence-electron chi connectivity index (χ0n) is 16.9. The number of carbonyl (C=O) groups is 1. The lowest BCUT2D eigenvalue weighted by atomic mass is 10.0. The standard InChI is InChI=1S/C24H28FN3O/c1-18(29)26-17-20-5-6-21-8-14-28(24(21)16-20)23-9-12-27(13-10-23)11-7-19-3-2-4-22(25)15-19/h2-6,8,14-16,23H,7,9-13,17H2,1H3,(H,26,29). The number of amides is 1. The van der Waals surface area contributed by atoms with Crippen LogP contribution in [-0.4, -0.2) is 35.0 Å². The Balaban J connectivity index is 1.37. The number of nitrogens with one attached hydrogen (secondary N) is 1. The summed E-state index contributed by atoms with van der Waals surface area (Å²) in [7, 11) is 0. The largest absolute Gasteiger partial charge is 0.352 e. The molecule has 1 aromatic heterocycles. The van der Waals surface area contributed by atoms with Crippen molar-refractivity contribution < 1.29 is 9.18 Å². The molecule has 0 aliphatic carbocycles. The fourth-order valence-corrected chi connectivity index (χ4v) is 4.25. The predicted octanol–water partition coefficient (Wildman–Crippen LogP) is 4.30. The van der Waals surface area contributed by atoms with Crippen molar-refractivity contribution >= 4 is 16.8 Å². The van der Waals surface area contributed by atoms with Crippen LogP contribution in [0.15, 0.2) is 54.7 Å². The van der Waals surface area contributed by atoms with Crippen LogP contribution in [0.2, 0.25) is 0 Å². The summed E-state index contributed by atoms with van der Waals surface area (Å²) >= 11 is 0. The van der Waals surface area contributed by atoms with E-state index in [2.05, 4.69) is 45.2 Å². The van der Waals surface area contributed by atoms with E-state index in [-0.39, 0.29) is 11.7 Å². The average Bonchev–Trinajstić information content (AvgIpc) is 3.14. The van der Waals surface area contributed by atoms with Gasteiger partial charge in [-0.2, -0.15) is 0 Å². The van der Waals surface area contributed by atoms with E-state index in [1.165, 1.54) is 17.0 Å². The number of likely N-dealkylation sites (tertiary alicyclic amines) is 1. The van der Waals surface area contributed by atoms with Crippen molar-refractivity contribution in [2.24, 2.45) is 0 Å². The minimum atomic E-state index is -0.154. The number of piperidine rings is 1. The Morgan fingerprint density at radius 1 is 1.10 bits per heavy atom. The molecule has 4 rings (SSSR count). The van der Waals surface area contributed by atoms with Crippen molar-refractivity contribution in [3.05, 3.63) is 71.7 Å². The van der Waals surface area contributed by atoms with E-state index >= 15 is 0 Å². The van der Waals surface area contributed by atoms with E-state index in [9.17, 15) is 9.18 Å². The summed E-state index contributed by atoms with van der Waals surface area (Å²) < 4.78 is 15.7. The maximum atomic E-state index is 13.3. The van der Waals surface area contributed by atoms with Gasteiger partial charge in [0.25, 0.3) is 0 Å². The quantitative estimate of drug-likeness (QED) is 0.678. The Kier molecular flexibility index (Phi) is 5.95. The van der Waals surface area contributed by atoms with Gasteiger partial charge in [-0.1, -0.05) is 24.3 Å². The molecule has 5 heteroatoms. The van der Waals surface area contributed by atoms with Crippen LogP contribution in [0.25, 0.3) is 10.9 Å². The molecule has 0 bridgehead atoms. The number of halogens is 1. The van der Waals surface area contributed by atoms with Crippen molar-refractivity contribution in [2.75, 3.05) is 19.6 Å². The Bertz CT molecular complexity index is 989. The first kappa shape index (κ1) is 19.6. The molecule has 0 saturated carbocycles. The minimum Gasteiger partial charge on any atom is -0.352 e. The third-order valence-electron chi connectivity index (χ3n) is 5.89. The lowest BCUT2D eigenvalue weighted by Gasteiger charge is -2.33. The topological polar surface area (TPSA) is 37.3 Å². The third-order valence-corrected chi connectivity index (χ3v) is 5.89. The van der Waals surface area contributed by atoms with Crippen LogP contribution >= 0.6 is 0 Å². The Morgan fingerprint density at radius 3 is 2.69 bits per heavy atom. The second-order valence-electron chi connectivity index (χ2n) is 7.98. The van der Waals surface area contributed by atoms with Crippen LogP contribution in [-0.2, 0) is 17.8 Å². The molecule has 1 saturated heterocycles. The zero-order valence-corrected chi connectivity index (χ0v) is 16.9. The first-order chi connectivity index (χ1) is 14.1. The van der Waals surface area contributed by atoms with Gasteiger partial charge in [0.1, 0.15) is 5.82 Å². The monoisotopic (exact) mass is 393 g/mol. The number of carbonyl (C=O) groups excluding carboxylic acids is 1. The second-order valence-corrected chi connectivity index (χ2v) is 7.98. The number of nitrogens with zero attached hydrogens (tertiary/aromatic N) is 2. The van der Waals surface area contributed by atoms with E-state index in [0.29, 0.717) is 12.6 Å². The molecule has 2 heterocycles. The van der Waals surface area contributed by atoms with Crippen LogP contribution in [0, 0.1) is 5.82 Å². The lowest BCUT2D eigenvalue weighted by molar-refractivity contribution is -0.119. The highest BCUT2D eigenvalue weighted by atomic mass is 19.1. The SMILES string of the molecule is CC(=O)NCc1ccc2ccn(C3CCN(CCc4cccc(F)c4)CC3)c2c1. The minimum absolute atomic E-state index is 0.00825. The number of rotatable bonds is 6. The molecule has 2 aromatic carbocycles. The fraction of sp³-hybridized carbons (Fsp3) is 0.375. The molecule has 3 aromatic rings. The van der Waals surface area contributed by atoms with Gasteiger partial charge in [-0.15, -0.1) is 0 Å². The molecule has 1 amide bonds. The predicted molar refractivity (Wildman–Crippen MR) is 114 cm³/mol.